The highest BCUT2D eigenvalue weighted by atomic mass is 32.1. The van der Waals surface area contributed by atoms with Crippen LogP contribution in [0, 0.1) is 21.4 Å². The third-order valence-electron chi connectivity index (χ3n) is 6.49. The van der Waals surface area contributed by atoms with Gasteiger partial charge in [0.1, 0.15) is 22.3 Å². The highest BCUT2D eigenvalue weighted by Crippen LogP contribution is 2.31. The quantitative estimate of drug-likeness (QED) is 0.206. The van der Waals surface area contributed by atoms with Crippen LogP contribution in [0.25, 0.3) is 28.7 Å². The number of nitrogens with one attached hydrogen (secondary N) is 1. The van der Waals surface area contributed by atoms with Crippen LogP contribution < -0.4 is 20.1 Å². The van der Waals surface area contributed by atoms with Gasteiger partial charge in [-0.1, -0.05) is 56.3 Å². The Morgan fingerprint density at radius 2 is 1.71 bits per heavy atom. The number of nitriles is 1. The molecule has 5 rings (SSSR count). The number of para-hydroxylation sites is 2. The van der Waals surface area contributed by atoms with Gasteiger partial charge in [0.25, 0.3) is 17.2 Å². The molecule has 1 N–H and O–H groups in total. The summed E-state index contributed by atoms with van der Waals surface area (Å²) in [5.74, 6) is 0.219. The highest BCUT2D eigenvalue weighted by Gasteiger charge is 2.19. The van der Waals surface area contributed by atoms with E-state index in [4.69, 9.17) is 4.42 Å². The lowest BCUT2D eigenvalue weighted by Gasteiger charge is -2.08. The van der Waals surface area contributed by atoms with E-state index >= 15 is 0 Å². The van der Waals surface area contributed by atoms with Gasteiger partial charge in [0, 0.05) is 17.8 Å². The number of rotatable bonds is 7. The van der Waals surface area contributed by atoms with E-state index in [1.54, 1.807) is 72.8 Å². The zero-order chi connectivity index (χ0) is 29.8. The second-order valence-electron chi connectivity index (χ2n) is 9.59. The maximum atomic E-state index is 13.7. The zero-order valence-electron chi connectivity index (χ0n) is 22.6. The zero-order valence-corrected chi connectivity index (χ0v) is 23.4. The molecule has 0 fully saturated rings. The fourth-order valence-corrected chi connectivity index (χ4v) is 5.43. The molecule has 10 heteroatoms. The minimum Gasteiger partial charge on any atom is -0.456 e. The molecule has 3 aromatic carbocycles. The Kier molecular flexibility index (Phi) is 7.95. The molecule has 2 heterocycles. The molecule has 2 aromatic heterocycles. The van der Waals surface area contributed by atoms with Crippen LogP contribution in [-0.4, -0.2) is 15.4 Å². The standard InChI is InChI=1S/C32H24N4O5S/c1-20(2)21-12-14-22(15-13-21)34-30(37)26(19-33)32-35(23-8-4-3-5-9-23)31(38)29(42-32)18-24-16-17-28(41-24)25-10-6-7-11-27(25)36(39)40/h3-18,20H,1-2H3,(H,34,37)/b29-18+,32-26-. The van der Waals surface area contributed by atoms with Gasteiger partial charge in [-0.3, -0.25) is 24.3 Å². The Hall–Kier alpha value is -5.53. The van der Waals surface area contributed by atoms with Crippen LogP contribution in [0.3, 0.4) is 0 Å². The van der Waals surface area contributed by atoms with Gasteiger partial charge in [-0.15, -0.1) is 11.3 Å². The van der Waals surface area contributed by atoms with Crippen LogP contribution in [0.5, 0.6) is 0 Å². The summed E-state index contributed by atoms with van der Waals surface area (Å²) in [6.07, 6.45) is 1.49. The van der Waals surface area contributed by atoms with Crippen molar-refractivity contribution in [3.63, 3.8) is 0 Å². The van der Waals surface area contributed by atoms with E-state index in [2.05, 4.69) is 19.2 Å². The average Bonchev–Trinajstić information content (AvgIpc) is 3.58. The van der Waals surface area contributed by atoms with Crippen LogP contribution in [-0.2, 0) is 4.79 Å². The Bertz CT molecular complexity index is 2010. The summed E-state index contributed by atoms with van der Waals surface area (Å²) in [5, 5.41) is 24.3. The lowest BCUT2D eigenvalue weighted by molar-refractivity contribution is -0.384. The number of nitro groups is 1. The molecule has 5 aromatic rings. The molecule has 1 amide bonds. The molecule has 0 aliphatic rings. The first-order chi connectivity index (χ1) is 20.3. The number of nitro benzene ring substituents is 1. The Morgan fingerprint density at radius 3 is 2.38 bits per heavy atom. The molecule has 0 saturated heterocycles. The first kappa shape index (κ1) is 28.0. The summed E-state index contributed by atoms with van der Waals surface area (Å²) in [4.78, 5) is 38.0. The van der Waals surface area contributed by atoms with Gasteiger partial charge in [-0.05, 0) is 53.9 Å². The van der Waals surface area contributed by atoms with Crippen molar-refractivity contribution in [2.75, 3.05) is 5.32 Å². The van der Waals surface area contributed by atoms with Crippen molar-refractivity contribution in [3.05, 3.63) is 132 Å². The number of carbonyl (C=O) groups excluding carboxylic acids is 1. The molecular formula is C32H24N4O5S. The largest absolute Gasteiger partial charge is 0.456 e. The van der Waals surface area contributed by atoms with E-state index in [0.29, 0.717) is 22.9 Å². The number of furan rings is 1. The number of benzene rings is 3. The summed E-state index contributed by atoms with van der Waals surface area (Å²) >= 11 is 0.973. The number of aromatic nitrogens is 1. The first-order valence-electron chi connectivity index (χ1n) is 12.9. The lowest BCUT2D eigenvalue weighted by Crippen LogP contribution is -2.32. The second kappa shape index (κ2) is 11.9. The van der Waals surface area contributed by atoms with Gasteiger partial charge in [0.2, 0.25) is 0 Å². The van der Waals surface area contributed by atoms with Gasteiger partial charge in [0.05, 0.1) is 20.7 Å². The monoisotopic (exact) mass is 576 g/mol. The molecule has 0 spiro atoms. The third-order valence-corrected chi connectivity index (χ3v) is 7.58. The molecule has 0 radical (unpaired) electrons. The van der Waals surface area contributed by atoms with Crippen LogP contribution >= 0.6 is 11.3 Å². The van der Waals surface area contributed by atoms with Crippen molar-refractivity contribution in [1.82, 2.24) is 4.57 Å². The number of hydrogen-bond donors (Lipinski definition) is 1. The van der Waals surface area contributed by atoms with Gasteiger partial charge in [0.15, 0.2) is 5.57 Å². The highest BCUT2D eigenvalue weighted by molar-refractivity contribution is 7.07. The molecule has 0 bridgehead atoms. The SMILES string of the molecule is CC(C)c1ccc(NC(=O)/C(C#N)=c2\s/c(=C/c3ccc(-c4ccccc4[N+](=O)[O-])o3)c(=O)n2-c2ccccc2)cc1. The van der Waals surface area contributed by atoms with Crippen molar-refractivity contribution in [2.45, 2.75) is 19.8 Å². The van der Waals surface area contributed by atoms with Gasteiger partial charge in [-0.25, -0.2) is 0 Å². The van der Waals surface area contributed by atoms with Crippen LogP contribution in [0.15, 0.2) is 100 Å². The molecule has 42 heavy (non-hydrogen) atoms. The number of thiazole rings is 1. The van der Waals surface area contributed by atoms with Gasteiger partial charge in [-0.2, -0.15) is 5.26 Å². The summed E-state index contributed by atoms with van der Waals surface area (Å²) in [5.41, 5.74) is 1.62. The molecule has 208 valence electrons. The van der Waals surface area contributed by atoms with E-state index in [-0.39, 0.29) is 32.0 Å². The summed E-state index contributed by atoms with van der Waals surface area (Å²) in [7, 11) is 0. The maximum absolute atomic E-state index is 13.7. The average molecular weight is 577 g/mol. The summed E-state index contributed by atoms with van der Waals surface area (Å²) in [6.45, 7) is 4.14. The minimum absolute atomic E-state index is 0.110. The number of amides is 1. The van der Waals surface area contributed by atoms with Crippen LogP contribution in [0.1, 0.15) is 31.1 Å². The second-order valence-corrected chi connectivity index (χ2v) is 10.6. The smallest absolute Gasteiger partial charge is 0.280 e. The number of nitrogens with zero attached hydrogens (tertiary/aromatic N) is 3. The molecule has 0 aliphatic heterocycles. The normalized spacial score (nSPS) is 12.2. The molecule has 0 aliphatic carbocycles. The van der Waals surface area contributed by atoms with Crippen molar-refractivity contribution in [3.8, 4) is 23.1 Å². The Balaban J connectivity index is 1.62. The molecule has 0 saturated carbocycles. The fraction of sp³-hybridized carbons (Fsp3) is 0.0938. The van der Waals surface area contributed by atoms with Gasteiger partial charge < -0.3 is 9.73 Å². The Labute approximate surface area is 244 Å². The van der Waals surface area contributed by atoms with E-state index < -0.39 is 16.4 Å². The predicted molar refractivity (Wildman–Crippen MR) is 162 cm³/mol. The maximum Gasteiger partial charge on any atom is 0.280 e. The lowest BCUT2D eigenvalue weighted by atomic mass is 10.0. The van der Waals surface area contributed by atoms with E-state index in [1.807, 2.05) is 18.2 Å². The van der Waals surface area contributed by atoms with Gasteiger partial charge >= 0.3 is 0 Å². The van der Waals surface area contributed by atoms with Crippen molar-refractivity contribution < 1.29 is 14.1 Å². The van der Waals surface area contributed by atoms with E-state index in [1.165, 1.54) is 16.7 Å². The number of hydrogen-bond acceptors (Lipinski definition) is 7. The van der Waals surface area contributed by atoms with E-state index in [9.17, 15) is 25.0 Å². The molecule has 0 unspecified atom stereocenters. The summed E-state index contributed by atoms with van der Waals surface area (Å²) in [6, 6.07) is 27.4. The van der Waals surface area contributed by atoms with Crippen LogP contribution in [0.2, 0.25) is 0 Å². The fourth-order valence-electron chi connectivity index (χ4n) is 4.35. The predicted octanol–water partition coefficient (Wildman–Crippen LogP) is 5.33. The van der Waals surface area contributed by atoms with Crippen LogP contribution in [0.4, 0.5) is 11.4 Å². The first-order valence-corrected chi connectivity index (χ1v) is 13.8. The Morgan fingerprint density at radius 1 is 1.02 bits per heavy atom. The van der Waals surface area contributed by atoms with Crippen molar-refractivity contribution in [1.29, 1.82) is 5.26 Å². The van der Waals surface area contributed by atoms with Crippen molar-refractivity contribution >= 4 is 40.3 Å². The number of carbonyl (C=O) groups is 1. The molecule has 9 nitrogen and oxygen atoms in total. The van der Waals surface area contributed by atoms with Crippen molar-refractivity contribution in [2.24, 2.45) is 0 Å². The van der Waals surface area contributed by atoms with E-state index in [0.717, 1.165) is 16.9 Å². The topological polar surface area (TPSA) is 131 Å². The number of anilines is 1. The minimum atomic E-state index is -0.649. The molecule has 0 atom stereocenters. The third kappa shape index (κ3) is 5.68. The molecular weight excluding hydrogens is 552 g/mol. The summed E-state index contributed by atoms with van der Waals surface area (Å²) < 4.78 is 7.55.